The molecule has 2 aromatic rings. The molecular weight excluding hydrogens is 533 g/mol. The highest BCUT2D eigenvalue weighted by Gasteiger charge is 2.22. The van der Waals surface area contributed by atoms with Gasteiger partial charge in [-0.2, -0.15) is 0 Å². The second-order valence-electron chi connectivity index (χ2n) is 8.14. The van der Waals surface area contributed by atoms with Gasteiger partial charge in [-0.1, -0.05) is 30.3 Å². The van der Waals surface area contributed by atoms with E-state index in [1.165, 1.54) is 10.4 Å². The number of rotatable bonds is 8. The fourth-order valence-corrected chi connectivity index (χ4v) is 4.79. The maximum absolute atomic E-state index is 12.7. The zero-order valence-electron chi connectivity index (χ0n) is 19.4. The summed E-state index contributed by atoms with van der Waals surface area (Å²) in [5.41, 5.74) is 2.50. The number of carbonyl (C=O) groups is 1. The first-order valence-electron chi connectivity index (χ1n) is 11.3. The molecule has 2 N–H and O–H groups in total. The molecule has 0 bridgehead atoms. The number of hydrogen-bond acceptors (Lipinski definition) is 4. The largest absolute Gasteiger partial charge is 0.357 e. The summed E-state index contributed by atoms with van der Waals surface area (Å²) in [6.07, 6.45) is 4.09. The predicted octanol–water partition coefficient (Wildman–Crippen LogP) is 3.96. The summed E-state index contributed by atoms with van der Waals surface area (Å²) in [5, 5.41) is 7.69. The molecule has 176 valence electrons. The van der Waals surface area contributed by atoms with Crippen LogP contribution in [0.5, 0.6) is 0 Å². The third-order valence-electron chi connectivity index (χ3n) is 5.76. The Morgan fingerprint density at radius 2 is 1.91 bits per heavy atom. The number of nitrogens with zero attached hydrogens (tertiary/aromatic N) is 3. The summed E-state index contributed by atoms with van der Waals surface area (Å²) >= 11 is 1.74. The van der Waals surface area contributed by atoms with Crippen LogP contribution in [-0.2, 0) is 17.6 Å². The lowest BCUT2D eigenvalue weighted by atomic mass is 9.90. The summed E-state index contributed by atoms with van der Waals surface area (Å²) in [6, 6.07) is 10.6. The van der Waals surface area contributed by atoms with Gasteiger partial charge in [-0.3, -0.25) is 4.79 Å². The molecule has 1 aliphatic rings. The number of amides is 1. The molecule has 8 heteroatoms. The van der Waals surface area contributed by atoms with Crippen LogP contribution >= 0.6 is 35.3 Å². The summed E-state index contributed by atoms with van der Waals surface area (Å²) in [7, 11) is 0. The summed E-state index contributed by atoms with van der Waals surface area (Å²) < 4.78 is 0. The number of aryl methyl sites for hydroxylation is 2. The average molecular weight is 570 g/mol. The van der Waals surface area contributed by atoms with Crippen molar-refractivity contribution in [2.45, 2.75) is 46.5 Å². The maximum atomic E-state index is 12.7. The number of halogens is 1. The highest BCUT2D eigenvalue weighted by molar-refractivity contribution is 14.0. The fraction of sp³-hybridized carbons (Fsp3) is 0.542. The van der Waals surface area contributed by atoms with Crippen LogP contribution in [0.3, 0.4) is 0 Å². The average Bonchev–Trinajstić information content (AvgIpc) is 3.10. The molecule has 1 aliphatic heterocycles. The Morgan fingerprint density at radius 1 is 1.19 bits per heavy atom. The molecule has 6 nitrogen and oxygen atoms in total. The number of likely N-dealkylation sites (tertiary alicyclic amines) is 1. The molecule has 0 atom stereocenters. The van der Waals surface area contributed by atoms with E-state index in [0.717, 1.165) is 62.6 Å². The number of hydrogen-bond donors (Lipinski definition) is 2. The van der Waals surface area contributed by atoms with Gasteiger partial charge < -0.3 is 15.5 Å². The van der Waals surface area contributed by atoms with E-state index in [-0.39, 0.29) is 36.4 Å². The van der Waals surface area contributed by atoms with Crippen molar-refractivity contribution in [2.24, 2.45) is 10.9 Å². The van der Waals surface area contributed by atoms with Gasteiger partial charge in [-0.05, 0) is 51.5 Å². The first-order valence-corrected chi connectivity index (χ1v) is 12.1. The Kier molecular flexibility index (Phi) is 11.4. The van der Waals surface area contributed by atoms with Crippen LogP contribution in [0.15, 0.2) is 35.3 Å². The van der Waals surface area contributed by atoms with Crippen molar-refractivity contribution in [2.75, 3.05) is 32.7 Å². The predicted molar refractivity (Wildman–Crippen MR) is 144 cm³/mol. The molecule has 3 rings (SSSR count). The van der Waals surface area contributed by atoms with Crippen molar-refractivity contribution in [3.63, 3.8) is 0 Å². The van der Waals surface area contributed by atoms with Gasteiger partial charge in [-0.15, -0.1) is 35.3 Å². The summed E-state index contributed by atoms with van der Waals surface area (Å²) in [6.45, 7) is 9.54. The Balaban J connectivity index is 0.00000363. The molecular formula is C24H36IN5OS. The first kappa shape index (κ1) is 26.6. The Bertz CT molecular complexity index is 843. The lowest BCUT2D eigenvalue weighted by Gasteiger charge is -2.32. The van der Waals surface area contributed by atoms with Crippen molar-refractivity contribution in [1.82, 2.24) is 20.5 Å². The third kappa shape index (κ3) is 8.35. The summed E-state index contributed by atoms with van der Waals surface area (Å²) in [4.78, 5) is 25.0. The lowest BCUT2D eigenvalue weighted by molar-refractivity contribution is -0.130. The van der Waals surface area contributed by atoms with Crippen molar-refractivity contribution in [3.05, 3.63) is 51.5 Å². The van der Waals surface area contributed by atoms with Crippen LogP contribution in [0.1, 0.15) is 40.9 Å². The van der Waals surface area contributed by atoms with E-state index in [9.17, 15) is 4.79 Å². The van der Waals surface area contributed by atoms with E-state index in [0.29, 0.717) is 11.9 Å². The molecule has 0 saturated carbocycles. The molecule has 0 spiro atoms. The SMILES string of the molecule is CCNC(=NCC(=O)N1CCC(Cc2ccccc2)CC1)NCCc1nc(C)c(C)s1.I. The molecule has 0 aliphatic carbocycles. The molecule has 0 radical (unpaired) electrons. The molecule has 0 unspecified atom stereocenters. The van der Waals surface area contributed by atoms with Gasteiger partial charge in [0.2, 0.25) is 5.91 Å². The number of benzene rings is 1. The monoisotopic (exact) mass is 569 g/mol. The zero-order valence-corrected chi connectivity index (χ0v) is 22.5. The topological polar surface area (TPSA) is 69.6 Å². The minimum atomic E-state index is 0. The first-order chi connectivity index (χ1) is 15.0. The van der Waals surface area contributed by atoms with Gasteiger partial charge in [0.25, 0.3) is 0 Å². The maximum Gasteiger partial charge on any atom is 0.244 e. The number of nitrogens with one attached hydrogen (secondary N) is 2. The van der Waals surface area contributed by atoms with Gasteiger partial charge in [-0.25, -0.2) is 9.98 Å². The number of piperidine rings is 1. The van der Waals surface area contributed by atoms with Gasteiger partial charge in [0.1, 0.15) is 6.54 Å². The molecule has 1 saturated heterocycles. The van der Waals surface area contributed by atoms with Gasteiger partial charge in [0.15, 0.2) is 5.96 Å². The van der Waals surface area contributed by atoms with Crippen LogP contribution in [0, 0.1) is 19.8 Å². The smallest absolute Gasteiger partial charge is 0.244 e. The van der Waals surface area contributed by atoms with Crippen molar-refractivity contribution < 1.29 is 4.79 Å². The lowest BCUT2D eigenvalue weighted by Crippen LogP contribution is -2.42. The van der Waals surface area contributed by atoms with Crippen LogP contribution in [0.2, 0.25) is 0 Å². The van der Waals surface area contributed by atoms with Crippen molar-refractivity contribution in [1.29, 1.82) is 0 Å². The summed E-state index contributed by atoms with van der Waals surface area (Å²) in [5.74, 6) is 1.47. The Morgan fingerprint density at radius 3 is 2.53 bits per heavy atom. The molecule has 1 amide bonds. The van der Waals surface area contributed by atoms with E-state index < -0.39 is 0 Å². The van der Waals surface area contributed by atoms with E-state index in [1.54, 1.807) is 11.3 Å². The number of thiazole rings is 1. The molecule has 32 heavy (non-hydrogen) atoms. The second kappa shape index (κ2) is 13.8. The fourth-order valence-electron chi connectivity index (χ4n) is 3.86. The Labute approximate surface area is 213 Å². The third-order valence-corrected chi connectivity index (χ3v) is 6.89. The van der Waals surface area contributed by atoms with Gasteiger partial charge >= 0.3 is 0 Å². The second-order valence-corrected chi connectivity index (χ2v) is 9.42. The molecule has 1 aromatic carbocycles. The highest BCUT2D eigenvalue weighted by Crippen LogP contribution is 2.21. The molecule has 1 aromatic heterocycles. The Hall–Kier alpha value is -1.68. The standard InChI is InChI=1S/C24H35N5OS.HI/c1-4-25-24(26-13-10-22-28-18(2)19(3)31-22)27-17-23(30)29-14-11-21(12-15-29)16-20-8-6-5-7-9-20;/h5-9,21H,4,10-17H2,1-3H3,(H2,25,26,27);1H. The molecule has 1 fully saturated rings. The molecule has 2 heterocycles. The number of aromatic nitrogens is 1. The quantitative estimate of drug-likeness (QED) is 0.287. The highest BCUT2D eigenvalue weighted by atomic mass is 127. The van der Waals surface area contributed by atoms with Gasteiger partial charge in [0.05, 0.1) is 10.7 Å². The van der Waals surface area contributed by atoms with Crippen LogP contribution in [0.25, 0.3) is 0 Å². The number of aliphatic imine (C=N–C) groups is 1. The van der Waals surface area contributed by atoms with Crippen LogP contribution in [-0.4, -0.2) is 54.5 Å². The van der Waals surface area contributed by atoms with E-state index in [2.05, 4.69) is 57.9 Å². The number of carbonyl (C=O) groups excluding carboxylic acids is 1. The zero-order chi connectivity index (χ0) is 22.1. The normalized spacial score (nSPS) is 14.7. The minimum Gasteiger partial charge on any atom is -0.357 e. The van der Waals surface area contributed by atoms with Gasteiger partial charge in [0, 0.05) is 37.5 Å². The van der Waals surface area contributed by atoms with E-state index in [4.69, 9.17) is 0 Å². The van der Waals surface area contributed by atoms with E-state index >= 15 is 0 Å². The number of guanidine groups is 1. The van der Waals surface area contributed by atoms with Crippen LogP contribution in [0.4, 0.5) is 0 Å². The van der Waals surface area contributed by atoms with E-state index in [1.807, 2.05) is 18.7 Å². The van der Waals surface area contributed by atoms with Crippen molar-refractivity contribution >= 4 is 47.2 Å². The van der Waals surface area contributed by atoms with Crippen LogP contribution < -0.4 is 10.6 Å². The van der Waals surface area contributed by atoms with Crippen molar-refractivity contribution in [3.8, 4) is 0 Å². The minimum absolute atomic E-state index is 0.